The van der Waals surface area contributed by atoms with Gasteiger partial charge in [-0.15, -0.1) is 0 Å². The average Bonchev–Trinajstić information content (AvgIpc) is 2.54. The standard InChI is InChI=1S/C18H17ClN2O2/c19-14-9-4-10-15(16(14)17(20)22)21-18(23)13-8-3-6-11-5-1-2-7-12(11)13/h1-2,4-5,7,9-10,13H,3,6,8H2,(H2,20,22)(H,21,23). The summed E-state index contributed by atoms with van der Waals surface area (Å²) >= 11 is 6.02. The van der Waals surface area contributed by atoms with Gasteiger partial charge in [-0.25, -0.2) is 0 Å². The fourth-order valence-electron chi connectivity index (χ4n) is 3.12. The number of nitrogens with two attached hydrogens (primary N) is 1. The van der Waals surface area contributed by atoms with Gasteiger partial charge in [-0.2, -0.15) is 0 Å². The van der Waals surface area contributed by atoms with Crippen LogP contribution in [0.5, 0.6) is 0 Å². The summed E-state index contributed by atoms with van der Waals surface area (Å²) in [4.78, 5) is 24.3. The van der Waals surface area contributed by atoms with E-state index in [0.29, 0.717) is 5.69 Å². The predicted octanol–water partition coefficient (Wildman–Crippen LogP) is 3.50. The monoisotopic (exact) mass is 328 g/mol. The molecule has 5 heteroatoms. The molecule has 23 heavy (non-hydrogen) atoms. The van der Waals surface area contributed by atoms with Crippen molar-refractivity contribution in [2.24, 2.45) is 5.73 Å². The maximum absolute atomic E-state index is 12.7. The van der Waals surface area contributed by atoms with Crippen molar-refractivity contribution in [3.05, 3.63) is 64.2 Å². The lowest BCUT2D eigenvalue weighted by Gasteiger charge is -2.25. The highest BCUT2D eigenvalue weighted by Crippen LogP contribution is 2.33. The van der Waals surface area contributed by atoms with E-state index in [4.69, 9.17) is 17.3 Å². The Labute approximate surface area is 139 Å². The summed E-state index contributed by atoms with van der Waals surface area (Å²) in [6.45, 7) is 0. The van der Waals surface area contributed by atoms with Crippen LogP contribution < -0.4 is 11.1 Å². The molecule has 3 rings (SSSR count). The van der Waals surface area contributed by atoms with Gasteiger partial charge in [0.1, 0.15) is 0 Å². The number of anilines is 1. The zero-order valence-electron chi connectivity index (χ0n) is 12.5. The maximum atomic E-state index is 12.7. The summed E-state index contributed by atoms with van der Waals surface area (Å²) < 4.78 is 0. The lowest BCUT2D eigenvalue weighted by molar-refractivity contribution is -0.117. The number of nitrogens with one attached hydrogen (secondary N) is 1. The third-order valence-electron chi connectivity index (χ3n) is 4.20. The molecule has 3 N–H and O–H groups in total. The van der Waals surface area contributed by atoms with Crippen LogP contribution in [-0.4, -0.2) is 11.8 Å². The number of aryl methyl sites for hydroxylation is 1. The Hall–Kier alpha value is -2.33. The fraction of sp³-hybridized carbons (Fsp3) is 0.222. The molecule has 118 valence electrons. The molecular formula is C18H17ClN2O2. The minimum Gasteiger partial charge on any atom is -0.365 e. The molecule has 2 amide bonds. The summed E-state index contributed by atoms with van der Waals surface area (Å²) in [5.74, 6) is -1.02. The van der Waals surface area contributed by atoms with Crippen molar-refractivity contribution in [1.29, 1.82) is 0 Å². The molecule has 1 unspecified atom stereocenters. The van der Waals surface area contributed by atoms with Crippen LogP contribution in [-0.2, 0) is 11.2 Å². The highest BCUT2D eigenvalue weighted by molar-refractivity contribution is 6.34. The minimum absolute atomic E-state index is 0.137. The topological polar surface area (TPSA) is 72.2 Å². The quantitative estimate of drug-likeness (QED) is 0.905. The van der Waals surface area contributed by atoms with Crippen molar-refractivity contribution in [3.8, 4) is 0 Å². The Morgan fingerprint density at radius 3 is 2.70 bits per heavy atom. The van der Waals surface area contributed by atoms with Crippen LogP contribution in [0.4, 0.5) is 5.69 Å². The second-order valence-electron chi connectivity index (χ2n) is 5.66. The van der Waals surface area contributed by atoms with Crippen LogP contribution in [0.15, 0.2) is 42.5 Å². The number of hydrogen-bond acceptors (Lipinski definition) is 2. The van der Waals surface area contributed by atoms with Crippen molar-refractivity contribution in [2.45, 2.75) is 25.2 Å². The van der Waals surface area contributed by atoms with Gasteiger partial charge in [-0.1, -0.05) is 41.9 Å². The first-order valence-electron chi connectivity index (χ1n) is 7.55. The number of benzene rings is 2. The smallest absolute Gasteiger partial charge is 0.252 e. The molecule has 2 aromatic rings. The SMILES string of the molecule is NC(=O)c1c(Cl)cccc1NC(=O)C1CCCc2ccccc21. The molecule has 0 saturated carbocycles. The normalized spacial score (nSPS) is 16.5. The lowest BCUT2D eigenvalue weighted by atomic mass is 9.82. The zero-order chi connectivity index (χ0) is 16.4. The Balaban J connectivity index is 1.90. The van der Waals surface area contributed by atoms with E-state index < -0.39 is 5.91 Å². The first-order chi connectivity index (χ1) is 11.1. The minimum atomic E-state index is -0.657. The second kappa shape index (κ2) is 6.42. The summed E-state index contributed by atoms with van der Waals surface area (Å²) in [6, 6.07) is 12.9. The van der Waals surface area contributed by atoms with Crippen LogP contribution in [0.25, 0.3) is 0 Å². The molecule has 0 spiro atoms. The number of amides is 2. The lowest BCUT2D eigenvalue weighted by Crippen LogP contribution is -2.26. The summed E-state index contributed by atoms with van der Waals surface area (Å²) in [5.41, 5.74) is 8.14. The third-order valence-corrected chi connectivity index (χ3v) is 4.52. The molecule has 1 aliphatic rings. The van der Waals surface area contributed by atoms with E-state index in [1.807, 2.05) is 18.2 Å². The number of halogens is 1. The first kappa shape index (κ1) is 15.6. The third kappa shape index (κ3) is 3.08. The number of primary amides is 1. The summed E-state index contributed by atoms with van der Waals surface area (Å²) in [5, 5.41) is 3.05. The first-order valence-corrected chi connectivity index (χ1v) is 7.92. The van der Waals surface area contributed by atoms with Gasteiger partial charge < -0.3 is 11.1 Å². The van der Waals surface area contributed by atoms with Gasteiger partial charge in [-0.05, 0) is 42.5 Å². The highest BCUT2D eigenvalue weighted by atomic mass is 35.5. The van der Waals surface area contributed by atoms with E-state index in [1.54, 1.807) is 18.2 Å². The molecule has 1 atom stereocenters. The molecular weight excluding hydrogens is 312 g/mol. The highest BCUT2D eigenvalue weighted by Gasteiger charge is 2.27. The van der Waals surface area contributed by atoms with Crippen LogP contribution in [0.3, 0.4) is 0 Å². The molecule has 0 radical (unpaired) electrons. The molecule has 1 aliphatic carbocycles. The summed E-state index contributed by atoms with van der Waals surface area (Å²) in [7, 11) is 0. The molecule has 0 bridgehead atoms. The van der Waals surface area contributed by atoms with E-state index in [0.717, 1.165) is 24.8 Å². The van der Waals surface area contributed by atoms with Crippen LogP contribution >= 0.6 is 11.6 Å². The van der Waals surface area contributed by atoms with Crippen molar-refractivity contribution in [2.75, 3.05) is 5.32 Å². The molecule has 4 nitrogen and oxygen atoms in total. The number of carbonyl (C=O) groups is 2. The van der Waals surface area contributed by atoms with Gasteiger partial charge in [0.15, 0.2) is 0 Å². The van der Waals surface area contributed by atoms with Gasteiger partial charge >= 0.3 is 0 Å². The van der Waals surface area contributed by atoms with Gasteiger partial charge in [0.05, 0.1) is 22.2 Å². The molecule has 0 heterocycles. The van der Waals surface area contributed by atoms with Crippen molar-refractivity contribution < 1.29 is 9.59 Å². The molecule has 0 saturated heterocycles. The van der Waals surface area contributed by atoms with Gasteiger partial charge in [0, 0.05) is 0 Å². The molecule has 0 aromatic heterocycles. The van der Waals surface area contributed by atoms with Crippen LogP contribution in [0.1, 0.15) is 40.2 Å². The fourth-order valence-corrected chi connectivity index (χ4v) is 3.39. The second-order valence-corrected chi connectivity index (χ2v) is 6.07. The van der Waals surface area contributed by atoms with Crippen LogP contribution in [0, 0.1) is 0 Å². The van der Waals surface area contributed by atoms with E-state index in [2.05, 4.69) is 11.4 Å². The molecule has 0 fully saturated rings. The molecule has 0 aliphatic heterocycles. The number of hydrogen-bond donors (Lipinski definition) is 2. The Bertz CT molecular complexity index is 773. The predicted molar refractivity (Wildman–Crippen MR) is 90.7 cm³/mol. The Morgan fingerprint density at radius 1 is 1.13 bits per heavy atom. The van der Waals surface area contributed by atoms with Crippen molar-refractivity contribution in [3.63, 3.8) is 0 Å². The number of carbonyl (C=O) groups excluding carboxylic acids is 2. The van der Waals surface area contributed by atoms with Gasteiger partial charge in [-0.3, -0.25) is 9.59 Å². The van der Waals surface area contributed by atoms with Gasteiger partial charge in [0.2, 0.25) is 5.91 Å². The van der Waals surface area contributed by atoms with Crippen molar-refractivity contribution in [1.82, 2.24) is 0 Å². The van der Waals surface area contributed by atoms with E-state index >= 15 is 0 Å². The number of rotatable bonds is 3. The maximum Gasteiger partial charge on any atom is 0.252 e. The largest absolute Gasteiger partial charge is 0.365 e. The Morgan fingerprint density at radius 2 is 1.91 bits per heavy atom. The van der Waals surface area contributed by atoms with E-state index in [1.165, 1.54) is 5.56 Å². The molecule has 2 aromatic carbocycles. The zero-order valence-corrected chi connectivity index (χ0v) is 13.3. The van der Waals surface area contributed by atoms with E-state index in [-0.39, 0.29) is 22.4 Å². The number of fused-ring (bicyclic) bond motifs is 1. The van der Waals surface area contributed by atoms with E-state index in [9.17, 15) is 9.59 Å². The van der Waals surface area contributed by atoms with Crippen molar-refractivity contribution >= 4 is 29.1 Å². The summed E-state index contributed by atoms with van der Waals surface area (Å²) in [6.07, 6.45) is 2.74. The average molecular weight is 329 g/mol. The van der Waals surface area contributed by atoms with Crippen LogP contribution in [0.2, 0.25) is 5.02 Å². The Kier molecular flexibility index (Phi) is 4.35. The van der Waals surface area contributed by atoms with Gasteiger partial charge in [0.25, 0.3) is 5.91 Å².